The van der Waals surface area contributed by atoms with Crippen LogP contribution >= 0.6 is 0 Å². The normalized spacial score (nSPS) is 23.1. The van der Waals surface area contributed by atoms with Crippen molar-refractivity contribution in [3.05, 3.63) is 60.7 Å². The van der Waals surface area contributed by atoms with Crippen LogP contribution in [0.25, 0.3) is 0 Å². The Labute approximate surface area is 163 Å². The van der Waals surface area contributed by atoms with Gasteiger partial charge in [-0.05, 0) is 49.0 Å². The van der Waals surface area contributed by atoms with Crippen LogP contribution in [0.5, 0.6) is 0 Å². The molecule has 2 atom stereocenters. The van der Waals surface area contributed by atoms with Crippen molar-refractivity contribution in [1.82, 2.24) is 0 Å². The molecule has 0 aliphatic carbocycles. The first-order valence-electron chi connectivity index (χ1n) is 9.88. The van der Waals surface area contributed by atoms with Crippen molar-refractivity contribution in [2.75, 3.05) is 6.61 Å². The molecule has 0 unspecified atom stereocenters. The lowest BCUT2D eigenvalue weighted by Crippen LogP contribution is -2.62. The average molecular weight is 383 g/mol. The van der Waals surface area contributed by atoms with Gasteiger partial charge in [-0.1, -0.05) is 67.6 Å². The average Bonchev–Trinajstić information content (AvgIpc) is 2.89. The number of ether oxygens (including phenoxy) is 1. The Morgan fingerprint density at radius 2 is 1.56 bits per heavy atom. The van der Waals surface area contributed by atoms with E-state index >= 15 is 0 Å². The zero-order valence-corrected chi connectivity index (χ0v) is 17.8. The SMILES string of the molecule is CCOC(=O)CC[C@@H]1[C@H](C)C(C)(C)O[Si]1(c1ccccc1)c1ccccc1. The second kappa shape index (κ2) is 7.99. The maximum absolute atomic E-state index is 12.1. The number of hydrogen-bond acceptors (Lipinski definition) is 3. The highest BCUT2D eigenvalue weighted by atomic mass is 28.4. The van der Waals surface area contributed by atoms with Gasteiger partial charge in [0.25, 0.3) is 8.32 Å². The topological polar surface area (TPSA) is 35.5 Å². The lowest BCUT2D eigenvalue weighted by atomic mass is 9.88. The Kier molecular flexibility index (Phi) is 5.87. The van der Waals surface area contributed by atoms with Crippen molar-refractivity contribution in [2.45, 2.75) is 51.7 Å². The fourth-order valence-corrected chi connectivity index (χ4v) is 10.1. The maximum Gasteiger partial charge on any atom is 0.305 e. The van der Waals surface area contributed by atoms with Crippen molar-refractivity contribution in [2.24, 2.45) is 5.92 Å². The molecule has 0 aromatic heterocycles. The van der Waals surface area contributed by atoms with Crippen LogP contribution in [0.2, 0.25) is 5.54 Å². The molecule has 27 heavy (non-hydrogen) atoms. The molecule has 3 nitrogen and oxygen atoms in total. The molecule has 1 heterocycles. The molecular formula is C23H30O3Si. The van der Waals surface area contributed by atoms with E-state index in [-0.39, 0.29) is 11.6 Å². The summed E-state index contributed by atoms with van der Waals surface area (Å²) in [5.41, 5.74) is 0.0683. The fraction of sp³-hybridized carbons (Fsp3) is 0.435. The van der Waals surface area contributed by atoms with E-state index in [0.717, 1.165) is 6.42 Å². The molecule has 3 rings (SSSR count). The number of carbonyl (C=O) groups excluding carboxylic acids is 1. The fourth-order valence-electron chi connectivity index (χ4n) is 4.46. The number of benzene rings is 2. The van der Waals surface area contributed by atoms with Crippen LogP contribution in [0.15, 0.2) is 60.7 Å². The van der Waals surface area contributed by atoms with Crippen molar-refractivity contribution >= 4 is 24.7 Å². The molecule has 0 bridgehead atoms. The minimum atomic E-state index is -2.51. The van der Waals surface area contributed by atoms with Gasteiger partial charge in [0.1, 0.15) is 0 Å². The van der Waals surface area contributed by atoms with E-state index in [2.05, 4.69) is 69.3 Å². The molecule has 4 heteroatoms. The molecule has 0 radical (unpaired) electrons. The van der Waals surface area contributed by atoms with Gasteiger partial charge in [0, 0.05) is 6.42 Å². The molecule has 0 spiro atoms. The Bertz CT molecular complexity index is 718. The first kappa shape index (κ1) is 19.8. The van der Waals surface area contributed by atoms with Crippen LogP contribution in [0, 0.1) is 5.92 Å². The summed E-state index contributed by atoms with van der Waals surface area (Å²) < 4.78 is 12.2. The molecule has 144 valence electrons. The first-order valence-corrected chi connectivity index (χ1v) is 11.9. The van der Waals surface area contributed by atoms with E-state index < -0.39 is 8.32 Å². The highest BCUT2D eigenvalue weighted by molar-refractivity contribution is 6.99. The Balaban J connectivity index is 2.09. The van der Waals surface area contributed by atoms with E-state index in [4.69, 9.17) is 9.16 Å². The molecule has 0 amide bonds. The highest BCUT2D eigenvalue weighted by Gasteiger charge is 2.60. The standard InChI is InChI=1S/C23H30O3Si/c1-5-25-22(24)17-16-21-18(2)23(3,4)26-27(21,19-12-8-6-9-13-19)20-14-10-7-11-15-20/h6-15,18,21H,5,16-17H2,1-4H3/t18-,21+/m0/s1. The molecule has 0 saturated carbocycles. The number of esters is 1. The van der Waals surface area contributed by atoms with E-state index in [9.17, 15) is 4.79 Å². The minimum Gasteiger partial charge on any atom is -0.466 e. The predicted octanol–water partition coefficient (Wildman–Crippen LogP) is 3.90. The van der Waals surface area contributed by atoms with Gasteiger partial charge >= 0.3 is 5.97 Å². The Morgan fingerprint density at radius 1 is 1.04 bits per heavy atom. The third-order valence-corrected chi connectivity index (χ3v) is 11.1. The van der Waals surface area contributed by atoms with Crippen LogP contribution in [0.4, 0.5) is 0 Å². The van der Waals surface area contributed by atoms with Crippen LogP contribution < -0.4 is 10.4 Å². The summed E-state index contributed by atoms with van der Waals surface area (Å²) in [5, 5.41) is 2.56. The number of carbonyl (C=O) groups is 1. The van der Waals surface area contributed by atoms with Gasteiger partial charge in [-0.15, -0.1) is 0 Å². The van der Waals surface area contributed by atoms with E-state index in [1.54, 1.807) is 0 Å². The monoisotopic (exact) mass is 382 g/mol. The summed E-state index contributed by atoms with van der Waals surface area (Å²) in [6, 6.07) is 21.3. The molecule has 1 saturated heterocycles. The van der Waals surface area contributed by atoms with E-state index in [0.29, 0.717) is 24.5 Å². The molecule has 2 aromatic rings. The third kappa shape index (κ3) is 3.74. The zero-order chi connectivity index (χ0) is 19.5. The van der Waals surface area contributed by atoms with Gasteiger partial charge in [0.2, 0.25) is 0 Å². The maximum atomic E-state index is 12.1. The molecule has 1 fully saturated rings. The Hall–Kier alpha value is -1.91. The lowest BCUT2D eigenvalue weighted by molar-refractivity contribution is -0.143. The van der Waals surface area contributed by atoms with Crippen LogP contribution in [-0.2, 0) is 14.0 Å². The quantitative estimate of drug-likeness (QED) is 0.561. The molecule has 0 N–H and O–H groups in total. The van der Waals surface area contributed by atoms with Crippen molar-refractivity contribution in [3.8, 4) is 0 Å². The summed E-state index contributed by atoms with van der Waals surface area (Å²) >= 11 is 0. The van der Waals surface area contributed by atoms with Gasteiger partial charge in [-0.2, -0.15) is 0 Å². The second-order valence-electron chi connectivity index (χ2n) is 7.91. The minimum absolute atomic E-state index is 0.113. The molecule has 2 aromatic carbocycles. The van der Waals surface area contributed by atoms with E-state index in [1.165, 1.54) is 10.4 Å². The molecule has 1 aliphatic rings. The summed E-state index contributed by atoms with van der Waals surface area (Å²) in [7, 11) is -2.51. The lowest BCUT2D eigenvalue weighted by Gasteiger charge is -2.34. The Morgan fingerprint density at radius 3 is 2.04 bits per heavy atom. The van der Waals surface area contributed by atoms with Crippen molar-refractivity contribution < 1.29 is 14.0 Å². The predicted molar refractivity (Wildman–Crippen MR) is 112 cm³/mol. The zero-order valence-electron chi connectivity index (χ0n) is 16.8. The van der Waals surface area contributed by atoms with Crippen LogP contribution in [0.1, 0.15) is 40.5 Å². The third-order valence-electron chi connectivity index (χ3n) is 6.02. The van der Waals surface area contributed by atoms with Gasteiger partial charge in [-0.25, -0.2) is 0 Å². The first-order chi connectivity index (χ1) is 12.9. The van der Waals surface area contributed by atoms with Crippen LogP contribution in [-0.4, -0.2) is 26.5 Å². The summed E-state index contributed by atoms with van der Waals surface area (Å²) in [6.07, 6.45) is 1.23. The second-order valence-corrected chi connectivity index (χ2v) is 11.5. The summed E-state index contributed by atoms with van der Waals surface area (Å²) in [6.45, 7) is 8.94. The number of rotatable bonds is 6. The molecule has 1 aliphatic heterocycles. The summed E-state index contributed by atoms with van der Waals surface area (Å²) in [5.74, 6) is 0.234. The molecular weight excluding hydrogens is 352 g/mol. The van der Waals surface area contributed by atoms with Gasteiger partial charge in [0.05, 0.1) is 12.2 Å². The summed E-state index contributed by atoms with van der Waals surface area (Å²) in [4.78, 5) is 12.1. The van der Waals surface area contributed by atoms with Crippen LogP contribution in [0.3, 0.4) is 0 Å². The van der Waals surface area contributed by atoms with E-state index in [1.807, 2.05) is 19.1 Å². The van der Waals surface area contributed by atoms with Gasteiger partial charge < -0.3 is 9.16 Å². The number of hydrogen-bond donors (Lipinski definition) is 0. The largest absolute Gasteiger partial charge is 0.466 e. The van der Waals surface area contributed by atoms with Crippen molar-refractivity contribution in [1.29, 1.82) is 0 Å². The highest BCUT2D eigenvalue weighted by Crippen LogP contribution is 2.50. The van der Waals surface area contributed by atoms with Crippen molar-refractivity contribution in [3.63, 3.8) is 0 Å². The van der Waals surface area contributed by atoms with Gasteiger partial charge in [0.15, 0.2) is 0 Å². The smallest absolute Gasteiger partial charge is 0.305 e. The van der Waals surface area contributed by atoms with Gasteiger partial charge in [-0.3, -0.25) is 4.79 Å².